The van der Waals surface area contributed by atoms with Crippen molar-refractivity contribution in [3.63, 3.8) is 0 Å². The first-order valence-electron chi connectivity index (χ1n) is 7.65. The molecule has 1 fully saturated rings. The summed E-state index contributed by atoms with van der Waals surface area (Å²) in [4.78, 5) is 0. The van der Waals surface area contributed by atoms with Crippen molar-refractivity contribution in [3.8, 4) is 11.5 Å². The summed E-state index contributed by atoms with van der Waals surface area (Å²) in [5, 5.41) is 3.45. The highest BCUT2D eigenvalue weighted by Crippen LogP contribution is 2.33. The molecule has 1 N–H and O–H groups in total. The van der Waals surface area contributed by atoms with E-state index in [0.29, 0.717) is 19.3 Å². The number of nitrogens with one attached hydrogen (secondary N) is 1. The van der Waals surface area contributed by atoms with Gasteiger partial charge in [-0.2, -0.15) is 0 Å². The summed E-state index contributed by atoms with van der Waals surface area (Å²) >= 11 is 3.61. The van der Waals surface area contributed by atoms with Crippen LogP contribution in [0.5, 0.6) is 11.5 Å². The fourth-order valence-corrected chi connectivity index (χ4v) is 2.89. The van der Waals surface area contributed by atoms with E-state index >= 15 is 0 Å². The average molecular weight is 358 g/mol. The molecule has 1 aliphatic rings. The molecule has 0 radical (unpaired) electrons. The molecule has 1 aromatic carbocycles. The van der Waals surface area contributed by atoms with E-state index in [4.69, 9.17) is 14.2 Å². The van der Waals surface area contributed by atoms with Crippen molar-refractivity contribution in [2.45, 2.75) is 39.3 Å². The summed E-state index contributed by atoms with van der Waals surface area (Å²) in [6.45, 7) is 7.78. The Kier molecular flexibility index (Phi) is 6.80. The molecule has 1 heterocycles. The third-order valence-corrected chi connectivity index (χ3v) is 4.16. The molecule has 0 amide bonds. The van der Waals surface area contributed by atoms with Gasteiger partial charge in [0.15, 0.2) is 11.5 Å². The Balaban J connectivity index is 1.98. The minimum Gasteiger partial charge on any atom is -0.490 e. The molecule has 2 rings (SSSR count). The van der Waals surface area contributed by atoms with Gasteiger partial charge in [-0.1, -0.05) is 15.9 Å². The third-order valence-electron chi connectivity index (χ3n) is 3.42. The van der Waals surface area contributed by atoms with Crippen LogP contribution in [-0.4, -0.2) is 32.5 Å². The van der Waals surface area contributed by atoms with Gasteiger partial charge in [0, 0.05) is 24.2 Å². The lowest BCUT2D eigenvalue weighted by Crippen LogP contribution is -2.25. The number of hydrogen-bond acceptors (Lipinski definition) is 4. The quantitative estimate of drug-likeness (QED) is 0.772. The standard InChI is InChI=1S/C16H24BrNO3/c1-3-19-15-8-12(14(17)9-16(15)20-4-2)10-18-11-13-6-5-7-21-13/h8-9,13,18H,3-7,10-11H2,1-2H3. The largest absolute Gasteiger partial charge is 0.490 e. The molecule has 1 aromatic rings. The molecule has 0 saturated carbocycles. The number of ether oxygens (including phenoxy) is 3. The summed E-state index contributed by atoms with van der Waals surface area (Å²) in [5.74, 6) is 1.59. The van der Waals surface area contributed by atoms with Crippen LogP contribution in [0.3, 0.4) is 0 Å². The van der Waals surface area contributed by atoms with Gasteiger partial charge in [-0.25, -0.2) is 0 Å². The van der Waals surface area contributed by atoms with Gasteiger partial charge in [0.05, 0.1) is 19.3 Å². The fourth-order valence-electron chi connectivity index (χ4n) is 2.42. The highest BCUT2D eigenvalue weighted by atomic mass is 79.9. The van der Waals surface area contributed by atoms with E-state index in [-0.39, 0.29) is 0 Å². The van der Waals surface area contributed by atoms with E-state index in [2.05, 4.69) is 21.2 Å². The van der Waals surface area contributed by atoms with E-state index in [1.807, 2.05) is 26.0 Å². The normalized spacial score (nSPS) is 18.0. The Morgan fingerprint density at radius 2 is 1.95 bits per heavy atom. The van der Waals surface area contributed by atoms with Gasteiger partial charge >= 0.3 is 0 Å². The van der Waals surface area contributed by atoms with Gasteiger partial charge in [0.25, 0.3) is 0 Å². The monoisotopic (exact) mass is 357 g/mol. The molecule has 0 aromatic heterocycles. The highest BCUT2D eigenvalue weighted by molar-refractivity contribution is 9.10. The van der Waals surface area contributed by atoms with Crippen LogP contribution in [0, 0.1) is 0 Å². The first-order chi connectivity index (χ1) is 10.2. The van der Waals surface area contributed by atoms with Crippen molar-refractivity contribution in [2.24, 2.45) is 0 Å². The Morgan fingerprint density at radius 3 is 2.57 bits per heavy atom. The van der Waals surface area contributed by atoms with Gasteiger partial charge in [-0.3, -0.25) is 0 Å². The Hall–Kier alpha value is -0.780. The zero-order chi connectivity index (χ0) is 15.1. The summed E-state index contributed by atoms with van der Waals surface area (Å²) in [7, 11) is 0. The van der Waals surface area contributed by atoms with Gasteiger partial charge in [0.1, 0.15) is 0 Å². The first-order valence-corrected chi connectivity index (χ1v) is 8.44. The molecule has 0 aliphatic carbocycles. The molecule has 1 atom stereocenters. The number of halogens is 1. The lowest BCUT2D eigenvalue weighted by atomic mass is 10.2. The molecule has 1 aliphatic heterocycles. The summed E-state index contributed by atoms with van der Waals surface area (Å²) < 4.78 is 17.9. The Labute approximate surface area is 135 Å². The molecule has 21 heavy (non-hydrogen) atoms. The summed E-state index contributed by atoms with van der Waals surface area (Å²) in [5.41, 5.74) is 1.17. The lowest BCUT2D eigenvalue weighted by molar-refractivity contribution is 0.110. The van der Waals surface area contributed by atoms with Crippen molar-refractivity contribution in [1.82, 2.24) is 5.32 Å². The number of rotatable bonds is 8. The van der Waals surface area contributed by atoms with Gasteiger partial charge in [0.2, 0.25) is 0 Å². The van der Waals surface area contributed by atoms with Crippen molar-refractivity contribution in [2.75, 3.05) is 26.4 Å². The minimum atomic E-state index is 0.359. The van der Waals surface area contributed by atoms with Gasteiger partial charge < -0.3 is 19.5 Å². The number of benzene rings is 1. The van der Waals surface area contributed by atoms with Crippen molar-refractivity contribution in [1.29, 1.82) is 0 Å². The summed E-state index contributed by atoms with van der Waals surface area (Å²) in [6.07, 6.45) is 2.69. The predicted molar refractivity (Wildman–Crippen MR) is 87.2 cm³/mol. The maximum absolute atomic E-state index is 5.67. The van der Waals surface area contributed by atoms with Crippen LogP contribution in [-0.2, 0) is 11.3 Å². The second-order valence-electron chi connectivity index (χ2n) is 5.02. The third kappa shape index (κ3) is 4.87. The smallest absolute Gasteiger partial charge is 0.162 e. The van der Waals surface area contributed by atoms with Crippen LogP contribution in [0.2, 0.25) is 0 Å². The van der Waals surface area contributed by atoms with Crippen molar-refractivity contribution < 1.29 is 14.2 Å². The molecular weight excluding hydrogens is 334 g/mol. The molecule has 5 heteroatoms. The van der Waals surface area contributed by atoms with E-state index in [0.717, 1.165) is 42.1 Å². The van der Waals surface area contributed by atoms with Crippen molar-refractivity contribution in [3.05, 3.63) is 22.2 Å². The lowest BCUT2D eigenvalue weighted by Gasteiger charge is -2.15. The predicted octanol–water partition coefficient (Wildman–Crippen LogP) is 3.52. The van der Waals surface area contributed by atoms with E-state index in [1.165, 1.54) is 12.0 Å². The fraction of sp³-hybridized carbons (Fsp3) is 0.625. The molecule has 118 valence electrons. The Bertz CT molecular complexity index is 447. The van der Waals surface area contributed by atoms with Crippen LogP contribution < -0.4 is 14.8 Å². The van der Waals surface area contributed by atoms with E-state index in [9.17, 15) is 0 Å². The van der Waals surface area contributed by atoms with E-state index < -0.39 is 0 Å². The second-order valence-corrected chi connectivity index (χ2v) is 5.88. The molecular formula is C16H24BrNO3. The molecule has 4 nitrogen and oxygen atoms in total. The average Bonchev–Trinajstić information content (AvgIpc) is 2.97. The van der Waals surface area contributed by atoms with Crippen LogP contribution >= 0.6 is 15.9 Å². The molecule has 1 saturated heterocycles. The topological polar surface area (TPSA) is 39.7 Å². The zero-order valence-electron chi connectivity index (χ0n) is 12.8. The molecule has 0 bridgehead atoms. The highest BCUT2D eigenvalue weighted by Gasteiger charge is 2.15. The van der Waals surface area contributed by atoms with Crippen molar-refractivity contribution >= 4 is 15.9 Å². The number of hydrogen-bond donors (Lipinski definition) is 1. The Morgan fingerprint density at radius 1 is 1.24 bits per heavy atom. The van der Waals surface area contributed by atoms with Crippen LogP contribution in [0.1, 0.15) is 32.3 Å². The molecule has 0 spiro atoms. The maximum Gasteiger partial charge on any atom is 0.162 e. The van der Waals surface area contributed by atoms with Gasteiger partial charge in [-0.15, -0.1) is 0 Å². The van der Waals surface area contributed by atoms with Gasteiger partial charge in [-0.05, 0) is 44.4 Å². The second kappa shape index (κ2) is 8.61. The first kappa shape index (κ1) is 16.6. The molecule has 1 unspecified atom stereocenters. The zero-order valence-corrected chi connectivity index (χ0v) is 14.4. The van der Waals surface area contributed by atoms with Crippen LogP contribution in [0.4, 0.5) is 0 Å². The van der Waals surface area contributed by atoms with Crippen LogP contribution in [0.25, 0.3) is 0 Å². The van der Waals surface area contributed by atoms with Crippen LogP contribution in [0.15, 0.2) is 16.6 Å². The maximum atomic E-state index is 5.67. The van der Waals surface area contributed by atoms with E-state index in [1.54, 1.807) is 0 Å². The SMILES string of the molecule is CCOc1cc(Br)c(CNCC2CCCO2)cc1OCC. The minimum absolute atomic E-state index is 0.359. The summed E-state index contributed by atoms with van der Waals surface area (Å²) in [6, 6.07) is 4.03.